The van der Waals surface area contributed by atoms with Gasteiger partial charge >= 0.3 is 0 Å². The fourth-order valence-electron chi connectivity index (χ4n) is 2.32. The van der Waals surface area contributed by atoms with Gasteiger partial charge in [-0.05, 0) is 31.4 Å². The summed E-state index contributed by atoms with van der Waals surface area (Å²) in [6.07, 6.45) is 2.53. The molecule has 1 aliphatic heterocycles. The van der Waals surface area contributed by atoms with Gasteiger partial charge in [0.15, 0.2) is 0 Å². The van der Waals surface area contributed by atoms with Crippen LogP contribution in [-0.2, 0) is 4.79 Å². The highest BCUT2D eigenvalue weighted by Gasteiger charge is 2.24. The summed E-state index contributed by atoms with van der Waals surface area (Å²) in [6, 6.07) is 5.15. The molecule has 0 aromatic heterocycles. The van der Waals surface area contributed by atoms with Crippen molar-refractivity contribution in [1.82, 2.24) is 0 Å². The van der Waals surface area contributed by atoms with Gasteiger partial charge in [-0.1, -0.05) is 6.07 Å². The molecule has 0 atom stereocenters. The fourth-order valence-corrected chi connectivity index (χ4v) is 2.32. The van der Waals surface area contributed by atoms with Crippen LogP contribution < -0.4 is 4.90 Å². The van der Waals surface area contributed by atoms with Crippen LogP contribution >= 0.6 is 0 Å². The third-order valence-corrected chi connectivity index (χ3v) is 3.40. The highest BCUT2D eigenvalue weighted by molar-refractivity contribution is 5.65. The van der Waals surface area contributed by atoms with Gasteiger partial charge in [-0.3, -0.25) is 10.1 Å². The van der Waals surface area contributed by atoms with Crippen molar-refractivity contribution in [3.63, 3.8) is 0 Å². The van der Waals surface area contributed by atoms with Crippen LogP contribution in [0.3, 0.4) is 0 Å². The zero-order valence-corrected chi connectivity index (χ0v) is 10.3. The number of benzene rings is 1. The molecule has 1 saturated heterocycles. The Kier molecular flexibility index (Phi) is 3.60. The number of carbonyl (C=O) groups is 1. The Bertz CT molecular complexity index is 465. The quantitative estimate of drug-likeness (QED) is 0.468. The van der Waals surface area contributed by atoms with Crippen LogP contribution in [0.2, 0.25) is 0 Å². The molecule has 96 valence electrons. The van der Waals surface area contributed by atoms with Crippen LogP contribution in [0.1, 0.15) is 18.4 Å². The molecule has 1 aromatic carbocycles. The van der Waals surface area contributed by atoms with E-state index in [-0.39, 0.29) is 16.5 Å². The second kappa shape index (κ2) is 5.16. The molecule has 5 nitrogen and oxygen atoms in total. The first kappa shape index (κ1) is 12.5. The van der Waals surface area contributed by atoms with Crippen LogP contribution in [0, 0.1) is 23.0 Å². The molecule has 2 rings (SSSR count). The Morgan fingerprint density at radius 2 is 2.06 bits per heavy atom. The average molecular weight is 248 g/mol. The summed E-state index contributed by atoms with van der Waals surface area (Å²) in [5, 5.41) is 11.0. The Hall–Kier alpha value is -1.91. The number of aryl methyl sites for hydroxylation is 1. The number of aldehydes is 1. The molecular formula is C13H16N2O3. The number of piperidine rings is 1. The lowest BCUT2D eigenvalue weighted by molar-refractivity contribution is -0.384. The molecular weight excluding hydrogens is 232 g/mol. The standard InChI is InChI=1S/C13H16N2O3/c1-10-2-3-12(15(17)18)13(8-10)14-6-4-11(9-16)5-7-14/h2-3,8-9,11H,4-7H2,1H3. The molecule has 0 spiro atoms. The minimum atomic E-state index is -0.347. The second-order valence-electron chi connectivity index (χ2n) is 4.71. The Labute approximate surface area is 106 Å². The zero-order valence-electron chi connectivity index (χ0n) is 10.3. The first-order chi connectivity index (χ1) is 8.61. The summed E-state index contributed by atoms with van der Waals surface area (Å²) in [4.78, 5) is 23.4. The van der Waals surface area contributed by atoms with E-state index < -0.39 is 0 Å². The molecule has 1 heterocycles. The van der Waals surface area contributed by atoms with Gasteiger partial charge in [-0.25, -0.2) is 0 Å². The van der Waals surface area contributed by atoms with Crippen molar-refractivity contribution >= 4 is 17.7 Å². The largest absolute Gasteiger partial charge is 0.366 e. The topological polar surface area (TPSA) is 63.5 Å². The lowest BCUT2D eigenvalue weighted by Gasteiger charge is -2.31. The number of hydrogen-bond acceptors (Lipinski definition) is 4. The van der Waals surface area contributed by atoms with Crippen molar-refractivity contribution in [2.45, 2.75) is 19.8 Å². The molecule has 0 N–H and O–H groups in total. The zero-order chi connectivity index (χ0) is 13.1. The number of hydrogen-bond donors (Lipinski definition) is 0. The molecule has 18 heavy (non-hydrogen) atoms. The molecule has 1 aliphatic rings. The SMILES string of the molecule is Cc1ccc([N+](=O)[O-])c(N2CCC(C=O)CC2)c1. The number of carbonyl (C=O) groups excluding carboxylic acids is 1. The Morgan fingerprint density at radius 1 is 1.39 bits per heavy atom. The number of nitrogens with zero attached hydrogens (tertiary/aromatic N) is 2. The lowest BCUT2D eigenvalue weighted by atomic mass is 9.98. The van der Waals surface area contributed by atoms with Gasteiger partial charge in [0.05, 0.1) is 4.92 Å². The highest BCUT2D eigenvalue weighted by atomic mass is 16.6. The van der Waals surface area contributed by atoms with Crippen molar-refractivity contribution in [3.8, 4) is 0 Å². The van der Waals surface area contributed by atoms with Crippen molar-refractivity contribution in [3.05, 3.63) is 33.9 Å². The van der Waals surface area contributed by atoms with Crippen LogP contribution in [0.4, 0.5) is 11.4 Å². The minimum absolute atomic E-state index is 0.102. The maximum Gasteiger partial charge on any atom is 0.292 e. The average Bonchev–Trinajstić information content (AvgIpc) is 2.38. The van der Waals surface area contributed by atoms with E-state index in [2.05, 4.69) is 0 Å². The monoisotopic (exact) mass is 248 g/mol. The van der Waals surface area contributed by atoms with Crippen molar-refractivity contribution in [2.24, 2.45) is 5.92 Å². The Balaban J connectivity index is 2.25. The van der Waals surface area contributed by atoms with Crippen molar-refractivity contribution < 1.29 is 9.72 Å². The van der Waals surface area contributed by atoms with E-state index in [1.54, 1.807) is 12.1 Å². The predicted octanol–water partition coefficient (Wildman–Crippen LogP) is 2.32. The van der Waals surface area contributed by atoms with Gasteiger partial charge in [-0.2, -0.15) is 0 Å². The van der Waals surface area contributed by atoms with Gasteiger partial charge < -0.3 is 9.69 Å². The van der Waals surface area contributed by atoms with Crippen LogP contribution in [0.25, 0.3) is 0 Å². The molecule has 0 saturated carbocycles. The summed E-state index contributed by atoms with van der Waals surface area (Å²) in [6.45, 7) is 3.33. The van der Waals surface area contributed by atoms with Crippen LogP contribution in [-0.4, -0.2) is 24.3 Å². The van der Waals surface area contributed by atoms with E-state index in [9.17, 15) is 14.9 Å². The molecule has 1 aromatic rings. The molecule has 0 aliphatic carbocycles. The number of nitro benzene ring substituents is 1. The maximum absolute atomic E-state index is 11.0. The molecule has 0 unspecified atom stereocenters. The van der Waals surface area contributed by atoms with E-state index in [4.69, 9.17) is 0 Å². The highest BCUT2D eigenvalue weighted by Crippen LogP contribution is 2.31. The van der Waals surface area contributed by atoms with Gasteiger partial charge in [0.1, 0.15) is 12.0 Å². The molecule has 0 radical (unpaired) electrons. The molecule has 5 heteroatoms. The fraction of sp³-hybridized carbons (Fsp3) is 0.462. The van der Waals surface area contributed by atoms with Crippen molar-refractivity contribution in [1.29, 1.82) is 0 Å². The normalized spacial score (nSPS) is 16.6. The van der Waals surface area contributed by atoms with E-state index in [1.807, 2.05) is 17.9 Å². The van der Waals surface area contributed by atoms with E-state index >= 15 is 0 Å². The van der Waals surface area contributed by atoms with Gasteiger partial charge in [0, 0.05) is 25.1 Å². The van der Waals surface area contributed by atoms with E-state index in [0.29, 0.717) is 18.8 Å². The van der Waals surface area contributed by atoms with E-state index in [1.165, 1.54) is 0 Å². The Morgan fingerprint density at radius 3 is 2.61 bits per heavy atom. The summed E-state index contributed by atoms with van der Waals surface area (Å²) in [7, 11) is 0. The smallest absolute Gasteiger partial charge is 0.292 e. The summed E-state index contributed by atoms with van der Waals surface area (Å²) in [5.41, 5.74) is 1.82. The maximum atomic E-state index is 11.0. The number of rotatable bonds is 3. The minimum Gasteiger partial charge on any atom is -0.366 e. The summed E-state index contributed by atoms with van der Waals surface area (Å²) >= 11 is 0. The summed E-state index contributed by atoms with van der Waals surface area (Å²) in [5.74, 6) is 0.102. The molecule has 0 bridgehead atoms. The van der Waals surface area contributed by atoms with Gasteiger partial charge in [0.2, 0.25) is 0 Å². The first-order valence-corrected chi connectivity index (χ1v) is 6.07. The molecule has 0 amide bonds. The molecule has 1 fully saturated rings. The third kappa shape index (κ3) is 2.50. The second-order valence-corrected chi connectivity index (χ2v) is 4.71. The number of anilines is 1. The lowest BCUT2D eigenvalue weighted by Crippen LogP contribution is -2.34. The third-order valence-electron chi connectivity index (χ3n) is 3.40. The summed E-state index contributed by atoms with van der Waals surface area (Å²) < 4.78 is 0. The number of nitro groups is 1. The first-order valence-electron chi connectivity index (χ1n) is 6.07. The van der Waals surface area contributed by atoms with Crippen LogP contribution in [0.15, 0.2) is 18.2 Å². The van der Waals surface area contributed by atoms with Gasteiger partial charge in [-0.15, -0.1) is 0 Å². The van der Waals surface area contributed by atoms with E-state index in [0.717, 1.165) is 24.7 Å². The van der Waals surface area contributed by atoms with Crippen molar-refractivity contribution in [2.75, 3.05) is 18.0 Å². The van der Waals surface area contributed by atoms with Gasteiger partial charge in [0.25, 0.3) is 5.69 Å². The predicted molar refractivity (Wildman–Crippen MR) is 68.8 cm³/mol. The van der Waals surface area contributed by atoms with Crippen LogP contribution in [0.5, 0.6) is 0 Å².